The number of benzene rings is 2. The normalized spacial score (nSPS) is 17.5. The molecule has 2 aromatic carbocycles. The van der Waals surface area contributed by atoms with Gasteiger partial charge in [0.05, 0.1) is 24.8 Å². The molecule has 27 heavy (non-hydrogen) atoms. The summed E-state index contributed by atoms with van der Waals surface area (Å²) in [6.07, 6.45) is 0. The minimum Gasteiger partial charge on any atom is -0.379 e. The van der Waals surface area contributed by atoms with Gasteiger partial charge in [-0.1, -0.05) is 35.9 Å². The average Bonchev–Trinajstić information content (AvgIpc) is 3.00. The summed E-state index contributed by atoms with van der Waals surface area (Å²) in [5.74, 6) is 0.359. The Labute approximate surface area is 174 Å². The van der Waals surface area contributed by atoms with Crippen LogP contribution in [-0.2, 0) is 21.3 Å². The molecule has 0 saturated carbocycles. The van der Waals surface area contributed by atoms with Gasteiger partial charge in [0.1, 0.15) is 10.7 Å². The minimum atomic E-state index is -3.71. The molecule has 0 radical (unpaired) electrons. The lowest BCUT2D eigenvalue weighted by molar-refractivity contribution is 0.0730. The summed E-state index contributed by atoms with van der Waals surface area (Å²) in [6, 6.07) is 12.6. The first-order valence-corrected chi connectivity index (χ1v) is 10.1. The molecule has 9 heteroatoms. The molecule has 0 aliphatic carbocycles. The first-order valence-electron chi connectivity index (χ1n) is 8.30. The van der Waals surface area contributed by atoms with Crippen molar-refractivity contribution in [1.82, 2.24) is 4.31 Å². The summed E-state index contributed by atoms with van der Waals surface area (Å²) in [6.45, 7) is 1.92. The highest BCUT2D eigenvalue weighted by Crippen LogP contribution is 2.33. The van der Waals surface area contributed by atoms with Crippen LogP contribution in [0.25, 0.3) is 0 Å². The first kappa shape index (κ1) is 20.3. The van der Waals surface area contributed by atoms with Gasteiger partial charge in [-0.15, -0.1) is 17.0 Å². The quantitative estimate of drug-likeness (QED) is 0.744. The maximum atomic E-state index is 13.0. The maximum absolute atomic E-state index is 13.0. The predicted octanol–water partition coefficient (Wildman–Crippen LogP) is 3.28. The second-order valence-electron chi connectivity index (χ2n) is 6.22. The van der Waals surface area contributed by atoms with Crippen molar-refractivity contribution in [3.05, 3.63) is 58.6 Å². The predicted molar refractivity (Wildman–Crippen MR) is 111 cm³/mol. The topological polar surface area (TPSA) is 73.7 Å². The molecular weight excluding hydrogens is 454 g/mol. The number of amidine groups is 1. The zero-order valence-corrected chi connectivity index (χ0v) is 17.7. The van der Waals surface area contributed by atoms with Crippen LogP contribution < -0.4 is 4.90 Å². The van der Waals surface area contributed by atoms with E-state index in [4.69, 9.17) is 21.7 Å². The first-order chi connectivity index (χ1) is 12.5. The van der Waals surface area contributed by atoms with E-state index in [1.807, 2.05) is 24.3 Å². The van der Waals surface area contributed by atoms with Gasteiger partial charge < -0.3 is 9.64 Å². The molecule has 4 rings (SSSR count). The molecule has 0 aromatic heterocycles. The van der Waals surface area contributed by atoms with Crippen LogP contribution in [0.5, 0.6) is 0 Å². The average molecular weight is 473 g/mol. The van der Waals surface area contributed by atoms with Gasteiger partial charge in [0.15, 0.2) is 0 Å². The SMILES string of the molecule is Br.N=C1c2ccccc2CN1c1ccc(Cl)c(S(=O)(=O)N2CCOCC2)c1. The van der Waals surface area contributed by atoms with Crippen LogP contribution in [0.3, 0.4) is 0 Å². The van der Waals surface area contributed by atoms with Crippen molar-refractivity contribution >= 4 is 50.1 Å². The maximum Gasteiger partial charge on any atom is 0.244 e. The molecule has 1 saturated heterocycles. The Morgan fingerprint density at radius 2 is 1.78 bits per heavy atom. The Morgan fingerprint density at radius 1 is 1.07 bits per heavy atom. The number of rotatable bonds is 3. The van der Waals surface area contributed by atoms with E-state index in [2.05, 4.69) is 0 Å². The highest BCUT2D eigenvalue weighted by atomic mass is 79.9. The van der Waals surface area contributed by atoms with Crippen molar-refractivity contribution in [2.75, 3.05) is 31.2 Å². The molecule has 0 amide bonds. The molecular formula is C18H19BrClN3O3S. The second kappa shape index (κ2) is 7.89. The number of halogens is 2. The Hall–Kier alpha value is -1.45. The number of morpholine rings is 1. The number of hydrogen-bond donors (Lipinski definition) is 1. The molecule has 1 N–H and O–H groups in total. The number of anilines is 1. The molecule has 0 bridgehead atoms. The van der Waals surface area contributed by atoms with Gasteiger partial charge >= 0.3 is 0 Å². The van der Waals surface area contributed by atoms with Crippen molar-refractivity contribution in [1.29, 1.82) is 5.41 Å². The van der Waals surface area contributed by atoms with Crippen molar-refractivity contribution < 1.29 is 13.2 Å². The van der Waals surface area contributed by atoms with Gasteiger partial charge in [-0.3, -0.25) is 5.41 Å². The summed E-state index contributed by atoms with van der Waals surface area (Å²) in [4.78, 5) is 1.86. The number of sulfonamides is 1. The molecule has 2 aliphatic rings. The minimum absolute atomic E-state index is 0. The van der Waals surface area contributed by atoms with E-state index in [-0.39, 0.29) is 26.9 Å². The lowest BCUT2D eigenvalue weighted by Gasteiger charge is -2.27. The lowest BCUT2D eigenvalue weighted by atomic mass is 10.1. The molecule has 0 atom stereocenters. The van der Waals surface area contributed by atoms with Crippen LogP contribution in [0.2, 0.25) is 5.02 Å². The summed E-state index contributed by atoms with van der Waals surface area (Å²) < 4.78 is 32.6. The summed E-state index contributed by atoms with van der Waals surface area (Å²) in [5.41, 5.74) is 2.55. The number of ether oxygens (including phenoxy) is 1. The van der Waals surface area contributed by atoms with Crippen LogP contribution in [0.4, 0.5) is 5.69 Å². The van der Waals surface area contributed by atoms with Crippen molar-refractivity contribution in [3.8, 4) is 0 Å². The fraction of sp³-hybridized carbons (Fsp3) is 0.278. The monoisotopic (exact) mass is 471 g/mol. The van der Waals surface area contributed by atoms with Gasteiger partial charge in [0, 0.05) is 24.3 Å². The summed E-state index contributed by atoms with van der Waals surface area (Å²) in [5, 5.41) is 8.60. The van der Waals surface area contributed by atoms with Crippen LogP contribution in [0, 0.1) is 5.41 Å². The molecule has 2 heterocycles. The Morgan fingerprint density at radius 3 is 2.48 bits per heavy atom. The molecule has 0 spiro atoms. The van der Waals surface area contributed by atoms with E-state index in [9.17, 15) is 8.42 Å². The third kappa shape index (κ3) is 3.64. The molecule has 144 valence electrons. The molecule has 0 unspecified atom stereocenters. The third-order valence-corrected chi connectivity index (χ3v) is 7.07. The lowest BCUT2D eigenvalue weighted by Crippen LogP contribution is -2.40. The van der Waals surface area contributed by atoms with Crippen molar-refractivity contribution in [2.24, 2.45) is 0 Å². The zero-order valence-electron chi connectivity index (χ0n) is 14.4. The van der Waals surface area contributed by atoms with Gasteiger partial charge in [-0.05, 0) is 23.8 Å². The smallest absolute Gasteiger partial charge is 0.244 e. The van der Waals surface area contributed by atoms with Crippen LogP contribution in [0.1, 0.15) is 11.1 Å². The highest BCUT2D eigenvalue weighted by Gasteiger charge is 2.31. The van der Waals surface area contributed by atoms with Crippen molar-refractivity contribution in [2.45, 2.75) is 11.4 Å². The van der Waals surface area contributed by atoms with Gasteiger partial charge in [0.2, 0.25) is 10.0 Å². The Kier molecular flexibility index (Phi) is 5.93. The van der Waals surface area contributed by atoms with E-state index in [0.717, 1.165) is 11.1 Å². The van der Waals surface area contributed by atoms with E-state index < -0.39 is 10.0 Å². The van der Waals surface area contributed by atoms with E-state index >= 15 is 0 Å². The van der Waals surface area contributed by atoms with E-state index in [1.54, 1.807) is 23.1 Å². The second-order valence-corrected chi connectivity index (χ2v) is 8.54. The van der Waals surface area contributed by atoms with Gasteiger partial charge in [-0.25, -0.2) is 8.42 Å². The molecule has 2 aliphatic heterocycles. The van der Waals surface area contributed by atoms with Gasteiger partial charge in [0.25, 0.3) is 0 Å². The number of fused-ring (bicyclic) bond motifs is 1. The van der Waals surface area contributed by atoms with E-state index in [1.165, 1.54) is 4.31 Å². The Bertz CT molecular complexity index is 978. The van der Waals surface area contributed by atoms with E-state index in [0.29, 0.717) is 44.4 Å². The largest absolute Gasteiger partial charge is 0.379 e. The fourth-order valence-electron chi connectivity index (χ4n) is 3.29. The number of nitrogens with one attached hydrogen (secondary N) is 1. The fourth-order valence-corrected chi connectivity index (χ4v) is 5.19. The van der Waals surface area contributed by atoms with Crippen molar-refractivity contribution in [3.63, 3.8) is 0 Å². The van der Waals surface area contributed by atoms with Crippen LogP contribution in [-0.4, -0.2) is 44.9 Å². The Balaban J connectivity index is 0.00000210. The van der Waals surface area contributed by atoms with Gasteiger partial charge in [-0.2, -0.15) is 4.31 Å². The summed E-state index contributed by atoms with van der Waals surface area (Å²) in [7, 11) is -3.71. The molecule has 1 fully saturated rings. The number of hydrogen-bond acceptors (Lipinski definition) is 4. The molecule has 2 aromatic rings. The third-order valence-electron chi connectivity index (χ3n) is 4.69. The van der Waals surface area contributed by atoms with Crippen LogP contribution >= 0.6 is 28.6 Å². The standard InChI is InChI=1S/C18H18ClN3O3S.BrH/c19-16-6-5-14(22-12-13-3-1-2-4-15(13)18(22)20)11-17(16)26(23,24)21-7-9-25-10-8-21;/h1-6,11,20H,7-10,12H2;1H. The highest BCUT2D eigenvalue weighted by molar-refractivity contribution is 8.93. The van der Waals surface area contributed by atoms with Crippen LogP contribution in [0.15, 0.2) is 47.4 Å². The molecule has 6 nitrogen and oxygen atoms in total. The summed E-state index contributed by atoms with van der Waals surface area (Å²) >= 11 is 6.22. The zero-order chi connectivity index (χ0) is 18.3. The number of nitrogens with zero attached hydrogens (tertiary/aromatic N) is 2.